The molecule has 3 rings (SSSR count). The molecule has 0 saturated carbocycles. The maximum atomic E-state index is 5.69. The molecule has 108 valence electrons. The van der Waals surface area contributed by atoms with Crippen molar-refractivity contribution in [3.8, 4) is 0 Å². The highest BCUT2D eigenvalue weighted by Crippen LogP contribution is 2.28. The molecule has 3 aromatic rings. The summed E-state index contributed by atoms with van der Waals surface area (Å²) >= 11 is 0. The number of benzene rings is 1. The molecular weight excluding hydrogens is 260 g/mol. The molecule has 0 aliphatic carbocycles. The Kier molecular flexibility index (Phi) is 3.76. The van der Waals surface area contributed by atoms with Crippen LogP contribution < -0.4 is 5.32 Å². The maximum Gasteiger partial charge on any atom is 0.106 e. The monoisotopic (exact) mass is 280 g/mol. The zero-order chi connectivity index (χ0) is 14.8. The van der Waals surface area contributed by atoms with Gasteiger partial charge in [0.25, 0.3) is 0 Å². The SMILES string of the molecule is CCNC(c1cnc2ccccc2c1)c1cc(C)oc1C. The molecule has 0 aliphatic rings. The highest BCUT2D eigenvalue weighted by molar-refractivity contribution is 5.79. The third kappa shape index (κ3) is 2.69. The standard InChI is InChI=1S/C18H20N2O/c1-4-19-18(16-9-12(2)21-13(16)3)15-10-14-7-5-6-8-17(14)20-11-15/h5-11,18-19H,4H2,1-3H3. The second-order valence-electron chi connectivity index (χ2n) is 5.32. The van der Waals surface area contributed by atoms with E-state index >= 15 is 0 Å². The van der Waals surface area contributed by atoms with Gasteiger partial charge in [-0.1, -0.05) is 25.1 Å². The number of rotatable bonds is 4. The van der Waals surface area contributed by atoms with E-state index in [0.29, 0.717) is 0 Å². The third-order valence-electron chi connectivity index (χ3n) is 3.74. The number of hydrogen-bond acceptors (Lipinski definition) is 3. The Labute approximate surface area is 125 Å². The van der Waals surface area contributed by atoms with Gasteiger partial charge in [0.1, 0.15) is 11.5 Å². The van der Waals surface area contributed by atoms with E-state index in [1.54, 1.807) is 0 Å². The molecule has 0 spiro atoms. The van der Waals surface area contributed by atoms with Crippen LogP contribution in [0.3, 0.4) is 0 Å². The minimum Gasteiger partial charge on any atom is -0.466 e. The number of aromatic nitrogens is 1. The lowest BCUT2D eigenvalue weighted by Gasteiger charge is -2.18. The topological polar surface area (TPSA) is 38.1 Å². The lowest BCUT2D eigenvalue weighted by molar-refractivity contribution is 0.495. The van der Waals surface area contributed by atoms with E-state index in [1.807, 2.05) is 38.2 Å². The Balaban J connectivity index is 2.08. The van der Waals surface area contributed by atoms with Crippen LogP contribution in [0.25, 0.3) is 10.9 Å². The first kappa shape index (κ1) is 13.8. The average Bonchev–Trinajstić information content (AvgIpc) is 2.83. The minimum absolute atomic E-state index is 0.115. The predicted octanol–water partition coefficient (Wildman–Crippen LogP) is 4.14. The van der Waals surface area contributed by atoms with Gasteiger partial charge in [0.2, 0.25) is 0 Å². The minimum atomic E-state index is 0.115. The molecule has 0 fully saturated rings. The normalized spacial score (nSPS) is 12.7. The van der Waals surface area contributed by atoms with Gasteiger partial charge in [0, 0.05) is 17.1 Å². The Bertz CT molecular complexity index is 761. The second-order valence-corrected chi connectivity index (χ2v) is 5.32. The molecule has 21 heavy (non-hydrogen) atoms. The second kappa shape index (κ2) is 5.70. The molecule has 2 heterocycles. The molecule has 2 aromatic heterocycles. The summed E-state index contributed by atoms with van der Waals surface area (Å²) in [6.45, 7) is 7.00. The molecule has 1 atom stereocenters. The number of pyridine rings is 1. The predicted molar refractivity (Wildman–Crippen MR) is 85.4 cm³/mol. The van der Waals surface area contributed by atoms with Crippen LogP contribution >= 0.6 is 0 Å². The average molecular weight is 280 g/mol. The van der Waals surface area contributed by atoms with Gasteiger partial charge in [-0.2, -0.15) is 0 Å². The molecule has 0 amide bonds. The number of fused-ring (bicyclic) bond motifs is 1. The van der Waals surface area contributed by atoms with Gasteiger partial charge in [-0.05, 0) is 44.2 Å². The van der Waals surface area contributed by atoms with Crippen molar-refractivity contribution in [2.75, 3.05) is 6.54 Å². The van der Waals surface area contributed by atoms with Crippen molar-refractivity contribution in [3.63, 3.8) is 0 Å². The first-order valence-corrected chi connectivity index (χ1v) is 7.34. The Morgan fingerprint density at radius 3 is 2.71 bits per heavy atom. The van der Waals surface area contributed by atoms with Crippen molar-refractivity contribution in [2.45, 2.75) is 26.8 Å². The van der Waals surface area contributed by atoms with Gasteiger partial charge in [0.05, 0.1) is 11.6 Å². The van der Waals surface area contributed by atoms with Crippen molar-refractivity contribution in [1.29, 1.82) is 0 Å². The first-order chi connectivity index (χ1) is 10.2. The summed E-state index contributed by atoms with van der Waals surface area (Å²) in [6, 6.07) is 12.6. The highest BCUT2D eigenvalue weighted by Gasteiger charge is 2.19. The largest absolute Gasteiger partial charge is 0.466 e. The fourth-order valence-electron chi connectivity index (χ4n) is 2.79. The molecule has 0 radical (unpaired) electrons. The van der Waals surface area contributed by atoms with Crippen molar-refractivity contribution in [1.82, 2.24) is 10.3 Å². The van der Waals surface area contributed by atoms with Crippen molar-refractivity contribution < 1.29 is 4.42 Å². The summed E-state index contributed by atoms with van der Waals surface area (Å²) < 4.78 is 5.69. The van der Waals surface area contributed by atoms with Gasteiger partial charge in [0.15, 0.2) is 0 Å². The van der Waals surface area contributed by atoms with E-state index in [4.69, 9.17) is 4.42 Å². The summed E-state index contributed by atoms with van der Waals surface area (Å²) in [5.74, 6) is 1.91. The summed E-state index contributed by atoms with van der Waals surface area (Å²) in [7, 11) is 0. The third-order valence-corrected chi connectivity index (χ3v) is 3.74. The fourth-order valence-corrected chi connectivity index (χ4v) is 2.79. The van der Waals surface area contributed by atoms with E-state index in [0.717, 1.165) is 29.0 Å². The highest BCUT2D eigenvalue weighted by atomic mass is 16.3. The number of nitrogens with zero attached hydrogens (tertiary/aromatic N) is 1. The van der Waals surface area contributed by atoms with Gasteiger partial charge in [-0.3, -0.25) is 4.98 Å². The van der Waals surface area contributed by atoms with E-state index in [1.165, 1.54) is 11.1 Å². The zero-order valence-corrected chi connectivity index (χ0v) is 12.7. The molecule has 0 bridgehead atoms. The summed E-state index contributed by atoms with van der Waals surface area (Å²) in [5, 5.41) is 4.70. The van der Waals surface area contributed by atoms with E-state index < -0.39 is 0 Å². The molecule has 1 N–H and O–H groups in total. The molecule has 3 nitrogen and oxygen atoms in total. The van der Waals surface area contributed by atoms with Crippen LogP contribution in [0, 0.1) is 13.8 Å². The van der Waals surface area contributed by atoms with Gasteiger partial charge in [-0.15, -0.1) is 0 Å². The number of hydrogen-bond donors (Lipinski definition) is 1. The van der Waals surface area contributed by atoms with Crippen LogP contribution in [-0.2, 0) is 0 Å². The molecule has 0 aliphatic heterocycles. The zero-order valence-electron chi connectivity index (χ0n) is 12.7. The van der Waals surface area contributed by atoms with Crippen LogP contribution in [0.4, 0.5) is 0 Å². The van der Waals surface area contributed by atoms with Gasteiger partial charge in [-0.25, -0.2) is 0 Å². The molecule has 1 unspecified atom stereocenters. The van der Waals surface area contributed by atoms with Crippen molar-refractivity contribution >= 4 is 10.9 Å². The van der Waals surface area contributed by atoms with Crippen LogP contribution in [0.5, 0.6) is 0 Å². The van der Waals surface area contributed by atoms with Crippen LogP contribution in [0.1, 0.15) is 35.6 Å². The summed E-state index contributed by atoms with van der Waals surface area (Å²) in [5.41, 5.74) is 3.38. The lowest BCUT2D eigenvalue weighted by Crippen LogP contribution is -2.22. The number of furan rings is 1. The fraction of sp³-hybridized carbons (Fsp3) is 0.278. The molecule has 1 aromatic carbocycles. The van der Waals surface area contributed by atoms with E-state index in [-0.39, 0.29) is 6.04 Å². The van der Waals surface area contributed by atoms with Crippen LogP contribution in [-0.4, -0.2) is 11.5 Å². The van der Waals surface area contributed by atoms with E-state index in [2.05, 4.69) is 35.4 Å². The van der Waals surface area contributed by atoms with Crippen LogP contribution in [0.2, 0.25) is 0 Å². The number of nitrogens with one attached hydrogen (secondary N) is 1. The Morgan fingerprint density at radius 2 is 2.00 bits per heavy atom. The Hall–Kier alpha value is -2.13. The van der Waals surface area contributed by atoms with Gasteiger partial charge < -0.3 is 9.73 Å². The lowest BCUT2D eigenvalue weighted by atomic mass is 9.99. The van der Waals surface area contributed by atoms with E-state index in [9.17, 15) is 0 Å². The van der Waals surface area contributed by atoms with Gasteiger partial charge >= 0.3 is 0 Å². The molecular formula is C18H20N2O. The quantitative estimate of drug-likeness (QED) is 0.780. The Morgan fingerprint density at radius 1 is 1.19 bits per heavy atom. The number of para-hydroxylation sites is 1. The van der Waals surface area contributed by atoms with Crippen molar-refractivity contribution in [3.05, 3.63) is 65.2 Å². The smallest absolute Gasteiger partial charge is 0.106 e. The summed E-state index contributed by atoms with van der Waals surface area (Å²) in [4.78, 5) is 4.58. The van der Waals surface area contributed by atoms with Crippen molar-refractivity contribution in [2.24, 2.45) is 0 Å². The summed E-state index contributed by atoms with van der Waals surface area (Å²) in [6.07, 6.45) is 1.96. The number of aryl methyl sites for hydroxylation is 2. The molecule has 0 saturated heterocycles. The first-order valence-electron chi connectivity index (χ1n) is 7.34. The van der Waals surface area contributed by atoms with Crippen LogP contribution in [0.15, 0.2) is 47.0 Å². The maximum absolute atomic E-state index is 5.69. The molecule has 3 heteroatoms.